The second-order valence-electron chi connectivity index (χ2n) is 3.35. The van der Waals surface area contributed by atoms with E-state index in [0.717, 1.165) is 0 Å². The Morgan fingerprint density at radius 3 is 2.27 bits per heavy atom. The Morgan fingerprint density at radius 1 is 0.867 bits per heavy atom. The van der Waals surface area contributed by atoms with Crippen LogP contribution >= 0.6 is 0 Å². The summed E-state index contributed by atoms with van der Waals surface area (Å²) in [5.41, 5.74) is 6.96. The molecule has 1 nitrogen and oxygen atoms in total. The molecule has 0 amide bonds. The maximum atomic E-state index is 5.71. The molecule has 0 aliphatic carbocycles. The Balaban J connectivity index is 2.24. The first kappa shape index (κ1) is 10.1. The average molecular weight is 211 g/mol. The van der Waals surface area contributed by atoms with Crippen molar-refractivity contribution in [1.82, 2.24) is 0 Å². The topological polar surface area (TPSA) is 26.0 Å². The third kappa shape index (κ3) is 2.55. The molecule has 0 aromatic heterocycles. The van der Waals surface area contributed by atoms with E-state index in [1.807, 2.05) is 12.1 Å². The monoisotopic (exact) mass is 211 g/mol. The largest absolute Gasteiger partial charge is 0.327 e. The highest BCUT2D eigenvalue weighted by Crippen LogP contribution is 1.93. The highest BCUT2D eigenvalue weighted by molar-refractivity contribution is 6.67. The maximum absolute atomic E-state index is 5.71. The normalized spacial score (nSPS) is 10.2. The first-order valence-corrected chi connectivity index (χ1v) is 6.00. The number of nitrogens with two attached hydrogens (primary N) is 1. The maximum Gasteiger partial charge on any atom is 0.121 e. The van der Waals surface area contributed by atoms with Gasteiger partial charge in [0.1, 0.15) is 9.52 Å². The molecule has 74 valence electrons. The Hall–Kier alpha value is -1.38. The SMILES string of the molecule is NCc1ccccc1[Si]c1ccccc1. The zero-order chi connectivity index (χ0) is 10.5. The van der Waals surface area contributed by atoms with Crippen molar-refractivity contribution >= 4 is 19.9 Å². The van der Waals surface area contributed by atoms with Crippen LogP contribution in [-0.2, 0) is 6.54 Å². The van der Waals surface area contributed by atoms with Gasteiger partial charge in [-0.1, -0.05) is 65.0 Å². The van der Waals surface area contributed by atoms with Crippen LogP contribution in [0.3, 0.4) is 0 Å². The molecule has 0 aliphatic rings. The molecule has 2 N–H and O–H groups in total. The van der Waals surface area contributed by atoms with Gasteiger partial charge >= 0.3 is 0 Å². The standard InChI is InChI=1S/C13H13NSi/c14-10-11-6-4-5-9-13(11)15-12-7-2-1-3-8-12/h1-9H,10,14H2. The van der Waals surface area contributed by atoms with Crippen LogP contribution in [0.25, 0.3) is 0 Å². The van der Waals surface area contributed by atoms with Gasteiger partial charge in [0.25, 0.3) is 0 Å². The molecule has 0 spiro atoms. The van der Waals surface area contributed by atoms with E-state index in [1.54, 1.807) is 0 Å². The lowest BCUT2D eigenvalue weighted by Gasteiger charge is -2.06. The molecule has 0 saturated carbocycles. The second kappa shape index (κ2) is 4.91. The van der Waals surface area contributed by atoms with Crippen molar-refractivity contribution < 1.29 is 0 Å². The van der Waals surface area contributed by atoms with E-state index in [1.165, 1.54) is 15.9 Å². The van der Waals surface area contributed by atoms with Gasteiger partial charge in [-0.15, -0.1) is 0 Å². The molecule has 0 saturated heterocycles. The summed E-state index contributed by atoms with van der Waals surface area (Å²) in [5.74, 6) is 0. The fourth-order valence-electron chi connectivity index (χ4n) is 1.50. The molecule has 2 aromatic rings. The summed E-state index contributed by atoms with van der Waals surface area (Å²) in [7, 11) is 0.702. The molecule has 2 heteroatoms. The van der Waals surface area contributed by atoms with E-state index in [4.69, 9.17) is 5.73 Å². The summed E-state index contributed by atoms with van der Waals surface area (Å²) in [6, 6.07) is 18.9. The summed E-state index contributed by atoms with van der Waals surface area (Å²) < 4.78 is 0. The number of rotatable bonds is 3. The zero-order valence-corrected chi connectivity index (χ0v) is 9.48. The molecule has 0 aliphatic heterocycles. The number of hydrogen-bond donors (Lipinski definition) is 1. The zero-order valence-electron chi connectivity index (χ0n) is 8.48. The summed E-state index contributed by atoms with van der Waals surface area (Å²) in [6.45, 7) is 0.621. The van der Waals surface area contributed by atoms with Gasteiger partial charge in [0.15, 0.2) is 0 Å². The van der Waals surface area contributed by atoms with Crippen LogP contribution in [0.1, 0.15) is 5.56 Å². The molecule has 0 atom stereocenters. The molecular formula is C13H13NSi. The molecular weight excluding hydrogens is 198 g/mol. The van der Waals surface area contributed by atoms with Crippen LogP contribution in [0, 0.1) is 0 Å². The van der Waals surface area contributed by atoms with Crippen LogP contribution in [0.4, 0.5) is 0 Å². The van der Waals surface area contributed by atoms with E-state index in [0.29, 0.717) is 16.1 Å². The Kier molecular flexibility index (Phi) is 3.32. The Morgan fingerprint density at radius 2 is 1.53 bits per heavy atom. The van der Waals surface area contributed by atoms with E-state index >= 15 is 0 Å². The summed E-state index contributed by atoms with van der Waals surface area (Å²) in [5, 5.41) is 2.71. The fourth-order valence-corrected chi connectivity index (χ4v) is 2.69. The Bertz CT molecular complexity index is 426. The van der Waals surface area contributed by atoms with Gasteiger partial charge in [-0.2, -0.15) is 0 Å². The molecule has 2 rings (SSSR count). The molecule has 2 radical (unpaired) electrons. The lowest BCUT2D eigenvalue weighted by molar-refractivity contribution is 1.08. The quantitative estimate of drug-likeness (QED) is 0.747. The molecule has 2 aromatic carbocycles. The number of hydrogen-bond acceptors (Lipinski definition) is 1. The first-order chi connectivity index (χ1) is 7.40. The highest BCUT2D eigenvalue weighted by Gasteiger charge is 2.01. The summed E-state index contributed by atoms with van der Waals surface area (Å²) in [4.78, 5) is 0. The van der Waals surface area contributed by atoms with E-state index < -0.39 is 0 Å². The second-order valence-corrected chi connectivity index (χ2v) is 4.72. The third-order valence-electron chi connectivity index (χ3n) is 2.29. The van der Waals surface area contributed by atoms with Crippen LogP contribution in [0.15, 0.2) is 54.6 Å². The van der Waals surface area contributed by atoms with Crippen LogP contribution in [0.2, 0.25) is 0 Å². The molecule has 0 fully saturated rings. The fraction of sp³-hybridized carbons (Fsp3) is 0.0769. The minimum absolute atomic E-state index is 0.621. The minimum Gasteiger partial charge on any atom is -0.327 e. The van der Waals surface area contributed by atoms with Crippen LogP contribution in [-0.4, -0.2) is 9.52 Å². The summed E-state index contributed by atoms with van der Waals surface area (Å²) >= 11 is 0. The smallest absolute Gasteiger partial charge is 0.121 e. The van der Waals surface area contributed by atoms with Crippen molar-refractivity contribution in [2.45, 2.75) is 6.54 Å². The predicted molar refractivity (Wildman–Crippen MR) is 65.8 cm³/mol. The van der Waals surface area contributed by atoms with Crippen LogP contribution in [0.5, 0.6) is 0 Å². The Labute approximate surface area is 92.8 Å². The predicted octanol–water partition coefficient (Wildman–Crippen LogP) is 0.800. The van der Waals surface area contributed by atoms with Crippen molar-refractivity contribution in [3.63, 3.8) is 0 Å². The minimum atomic E-state index is 0.621. The van der Waals surface area contributed by atoms with E-state index in [-0.39, 0.29) is 0 Å². The molecule has 0 bridgehead atoms. The van der Waals surface area contributed by atoms with Gasteiger partial charge < -0.3 is 5.73 Å². The van der Waals surface area contributed by atoms with Gasteiger partial charge in [0.2, 0.25) is 0 Å². The van der Waals surface area contributed by atoms with Crippen molar-refractivity contribution in [2.75, 3.05) is 0 Å². The molecule has 0 heterocycles. The molecule has 15 heavy (non-hydrogen) atoms. The number of benzene rings is 2. The third-order valence-corrected chi connectivity index (χ3v) is 3.67. The van der Waals surface area contributed by atoms with Gasteiger partial charge in [-0.05, 0) is 5.56 Å². The van der Waals surface area contributed by atoms with E-state index in [9.17, 15) is 0 Å². The average Bonchev–Trinajstić information content (AvgIpc) is 2.31. The van der Waals surface area contributed by atoms with Crippen molar-refractivity contribution in [3.05, 3.63) is 60.2 Å². The van der Waals surface area contributed by atoms with Crippen molar-refractivity contribution in [2.24, 2.45) is 5.73 Å². The van der Waals surface area contributed by atoms with Gasteiger partial charge in [0, 0.05) is 6.54 Å². The first-order valence-electron chi connectivity index (χ1n) is 5.00. The van der Waals surface area contributed by atoms with Crippen molar-refractivity contribution in [3.8, 4) is 0 Å². The lowest BCUT2D eigenvalue weighted by atomic mass is 10.2. The molecule has 0 unspecified atom stereocenters. The van der Waals surface area contributed by atoms with Gasteiger partial charge in [-0.3, -0.25) is 0 Å². The summed E-state index contributed by atoms with van der Waals surface area (Å²) in [6.07, 6.45) is 0. The van der Waals surface area contributed by atoms with Crippen molar-refractivity contribution in [1.29, 1.82) is 0 Å². The highest BCUT2D eigenvalue weighted by atomic mass is 28.2. The van der Waals surface area contributed by atoms with Crippen LogP contribution < -0.4 is 16.1 Å². The van der Waals surface area contributed by atoms with Gasteiger partial charge in [-0.25, -0.2) is 0 Å². The lowest BCUT2D eigenvalue weighted by Crippen LogP contribution is -2.30. The van der Waals surface area contributed by atoms with E-state index in [2.05, 4.69) is 42.5 Å². The van der Waals surface area contributed by atoms with Gasteiger partial charge in [0.05, 0.1) is 0 Å².